The van der Waals surface area contributed by atoms with E-state index in [0.29, 0.717) is 9.54 Å². The molecule has 0 radical (unpaired) electrons. The van der Waals surface area contributed by atoms with Crippen molar-refractivity contribution in [3.63, 3.8) is 0 Å². The summed E-state index contributed by atoms with van der Waals surface area (Å²) in [5.74, 6) is 0.538. The second kappa shape index (κ2) is 12.4. The van der Waals surface area contributed by atoms with Crippen LogP contribution in [0.1, 0.15) is 118 Å². The molecule has 4 aliphatic rings. The Morgan fingerprint density at radius 3 is 1.74 bits per heavy atom. The summed E-state index contributed by atoms with van der Waals surface area (Å²) >= 11 is -2.66. The molecule has 238 valence electrons. The van der Waals surface area contributed by atoms with Gasteiger partial charge in [-0.1, -0.05) is 0 Å². The normalized spacial score (nSPS) is 19.8. The summed E-state index contributed by atoms with van der Waals surface area (Å²) in [6.07, 6.45) is 17.2. The van der Waals surface area contributed by atoms with E-state index in [1.807, 2.05) is 0 Å². The molecule has 0 saturated carbocycles. The number of allylic oxidation sites excluding steroid dienone is 6. The van der Waals surface area contributed by atoms with E-state index in [1.54, 1.807) is 17.6 Å². The van der Waals surface area contributed by atoms with Crippen molar-refractivity contribution in [2.45, 2.75) is 89.6 Å². The van der Waals surface area contributed by atoms with Gasteiger partial charge in [0.2, 0.25) is 0 Å². The SMILES string of the molecule is CC/[C](c1ccccc1)=[Zr+2](/[C]1=CC(C(C)(C)C)=CC1CC)[CH]1c2cc3c(cc2-c2cc4c(cc21)C(C)(C)C=C4)C=CC3(C)C.[Cl-].[Cl-]. The minimum atomic E-state index is -2.66. The Labute approximate surface area is 298 Å². The monoisotopic (exact) mass is 724 g/mol. The summed E-state index contributed by atoms with van der Waals surface area (Å²) in [7, 11) is 0. The van der Waals surface area contributed by atoms with Gasteiger partial charge in [-0.15, -0.1) is 0 Å². The third kappa shape index (κ3) is 5.61. The van der Waals surface area contributed by atoms with Crippen LogP contribution in [0.15, 0.2) is 87.8 Å². The Kier molecular flexibility index (Phi) is 9.54. The average molecular weight is 727 g/mol. The molecule has 3 heteroatoms. The van der Waals surface area contributed by atoms with Gasteiger partial charge in [-0.25, -0.2) is 0 Å². The van der Waals surface area contributed by atoms with Gasteiger partial charge in [-0.3, -0.25) is 0 Å². The Morgan fingerprint density at radius 1 is 0.761 bits per heavy atom. The molecular formula is C43H48Cl2Zr. The van der Waals surface area contributed by atoms with Crippen LogP contribution in [0, 0.1) is 11.3 Å². The second-order valence-corrected chi connectivity index (χ2v) is 22.1. The van der Waals surface area contributed by atoms with E-state index in [2.05, 4.69) is 153 Å². The predicted molar refractivity (Wildman–Crippen MR) is 188 cm³/mol. The van der Waals surface area contributed by atoms with Crippen molar-refractivity contribution in [3.8, 4) is 11.1 Å². The van der Waals surface area contributed by atoms with Gasteiger partial charge in [0.1, 0.15) is 0 Å². The molecule has 4 aliphatic carbocycles. The maximum absolute atomic E-state index is 2.71. The van der Waals surface area contributed by atoms with Gasteiger partial charge >= 0.3 is 275 Å². The average Bonchev–Trinajstić information content (AvgIpc) is 3.72. The zero-order valence-electron chi connectivity index (χ0n) is 29.0. The standard InChI is InChI=1S/C23H21.C11H17.C9H10.2ClH.Zr/c1-22(2)7-5-14-10-18-16(12-20(14)22)9-17-13-21-15(11-19(17)18)6-8-23(21,3)4;1-5-9-6-7-10(8-9)11(2,3)4;1-2-6-9-7-4-3-5-8-9;;;/h5-13H,1-4H3;7-9H,5H2,1-4H3;3-5,7-8H,2H2,1H3;2*1H;/q;;;;;+2/p-2. The molecule has 0 aromatic heterocycles. The van der Waals surface area contributed by atoms with Gasteiger partial charge in [0.15, 0.2) is 0 Å². The van der Waals surface area contributed by atoms with Crippen LogP contribution in [-0.4, -0.2) is 3.21 Å². The fourth-order valence-corrected chi connectivity index (χ4v) is 18.1. The molecular weight excluding hydrogens is 679 g/mol. The van der Waals surface area contributed by atoms with E-state index in [0.717, 1.165) is 6.42 Å². The van der Waals surface area contributed by atoms with Gasteiger partial charge in [0, 0.05) is 0 Å². The predicted octanol–water partition coefficient (Wildman–Crippen LogP) is 5.52. The van der Waals surface area contributed by atoms with Crippen LogP contribution in [0.4, 0.5) is 0 Å². The van der Waals surface area contributed by atoms with E-state index in [9.17, 15) is 0 Å². The summed E-state index contributed by atoms with van der Waals surface area (Å²) in [5, 5.41) is 0. The molecule has 46 heavy (non-hydrogen) atoms. The first-order valence-electron chi connectivity index (χ1n) is 16.8. The number of hydrogen-bond donors (Lipinski definition) is 0. The van der Waals surface area contributed by atoms with Crippen LogP contribution in [-0.2, 0) is 32.1 Å². The van der Waals surface area contributed by atoms with Crippen molar-refractivity contribution in [2.24, 2.45) is 11.3 Å². The van der Waals surface area contributed by atoms with E-state index in [4.69, 9.17) is 0 Å². The first-order chi connectivity index (χ1) is 20.8. The second-order valence-electron chi connectivity index (χ2n) is 15.7. The fraction of sp³-hybridized carbons (Fsp3) is 0.372. The van der Waals surface area contributed by atoms with Crippen LogP contribution in [0.25, 0.3) is 23.3 Å². The van der Waals surface area contributed by atoms with E-state index < -0.39 is 21.3 Å². The number of benzene rings is 3. The van der Waals surface area contributed by atoms with Gasteiger partial charge in [0.05, 0.1) is 0 Å². The van der Waals surface area contributed by atoms with Crippen LogP contribution < -0.4 is 24.8 Å². The minimum absolute atomic E-state index is 0. The summed E-state index contributed by atoms with van der Waals surface area (Å²) in [6.45, 7) is 21.6. The van der Waals surface area contributed by atoms with Crippen molar-refractivity contribution < 1.29 is 46.1 Å². The number of fused-ring (bicyclic) bond motifs is 5. The summed E-state index contributed by atoms with van der Waals surface area (Å²) in [6, 6.07) is 21.9. The molecule has 1 atom stereocenters. The van der Waals surface area contributed by atoms with Crippen LogP contribution >= 0.6 is 0 Å². The zero-order valence-corrected chi connectivity index (χ0v) is 33.0. The maximum atomic E-state index is 2.71. The fourth-order valence-electron chi connectivity index (χ4n) is 8.27. The first-order valence-corrected chi connectivity index (χ1v) is 20.7. The first kappa shape index (κ1) is 35.3. The molecule has 0 fully saturated rings. The topological polar surface area (TPSA) is 0 Å². The summed E-state index contributed by atoms with van der Waals surface area (Å²) in [5.41, 5.74) is 15.3. The summed E-state index contributed by atoms with van der Waals surface area (Å²) < 4.78 is 4.04. The van der Waals surface area contributed by atoms with Crippen LogP contribution in [0.5, 0.6) is 0 Å². The summed E-state index contributed by atoms with van der Waals surface area (Å²) in [4.78, 5) is 0. The number of halogens is 2. The van der Waals surface area contributed by atoms with Gasteiger partial charge < -0.3 is 24.8 Å². The third-order valence-electron chi connectivity index (χ3n) is 10.9. The molecule has 0 saturated heterocycles. The quantitative estimate of drug-likeness (QED) is 0.325. The van der Waals surface area contributed by atoms with E-state index >= 15 is 0 Å². The number of rotatable bonds is 5. The molecule has 1 unspecified atom stereocenters. The minimum Gasteiger partial charge on any atom is -1.00 e. The van der Waals surface area contributed by atoms with Crippen molar-refractivity contribution in [1.29, 1.82) is 0 Å². The Hall–Kier alpha value is -2.05. The largest absolute Gasteiger partial charge is 1.00 e. The molecule has 0 N–H and O–H groups in total. The molecule has 0 bridgehead atoms. The number of hydrogen-bond acceptors (Lipinski definition) is 0. The molecule has 0 nitrogen and oxygen atoms in total. The van der Waals surface area contributed by atoms with E-state index in [-0.39, 0.29) is 41.1 Å². The maximum Gasteiger partial charge on any atom is -1.00 e. The molecule has 0 aliphatic heterocycles. The molecule has 0 amide bonds. The molecule has 3 aromatic rings. The molecule has 0 spiro atoms. The van der Waals surface area contributed by atoms with Gasteiger partial charge in [-0.05, 0) is 0 Å². The smallest absolute Gasteiger partial charge is 1.00 e. The molecule has 3 aromatic carbocycles. The van der Waals surface area contributed by atoms with Crippen molar-refractivity contribution in [1.82, 2.24) is 0 Å². The Balaban J connectivity index is 0.00000208. The van der Waals surface area contributed by atoms with Gasteiger partial charge in [0.25, 0.3) is 0 Å². The van der Waals surface area contributed by atoms with Crippen molar-refractivity contribution in [2.75, 3.05) is 0 Å². The van der Waals surface area contributed by atoms with Crippen LogP contribution in [0.2, 0.25) is 0 Å². The van der Waals surface area contributed by atoms with Crippen molar-refractivity contribution in [3.05, 3.63) is 127 Å². The molecule has 7 rings (SSSR count). The molecule has 0 heterocycles. The Morgan fingerprint density at radius 2 is 1.28 bits per heavy atom. The van der Waals surface area contributed by atoms with Crippen molar-refractivity contribution >= 4 is 15.4 Å². The third-order valence-corrected chi connectivity index (χ3v) is 19.8. The van der Waals surface area contributed by atoms with E-state index in [1.165, 1.54) is 50.9 Å². The zero-order chi connectivity index (χ0) is 31.2. The van der Waals surface area contributed by atoms with Gasteiger partial charge in [-0.2, -0.15) is 0 Å². The van der Waals surface area contributed by atoms with Crippen LogP contribution in [0.3, 0.4) is 0 Å². The Bertz CT molecular complexity index is 1780.